The smallest absolute Gasteiger partial charge is 0.407 e. The molecule has 3 amide bonds. The predicted octanol–water partition coefficient (Wildman–Crippen LogP) is 9.63. The van der Waals surface area contributed by atoms with Gasteiger partial charge in [-0.3, -0.25) is 9.59 Å². The Kier molecular flexibility index (Phi) is 31.0. The fraction of sp³-hybridized carbons (Fsp3) is 0.812. The maximum absolute atomic E-state index is 14.0. The Labute approximate surface area is 358 Å². The van der Waals surface area contributed by atoms with Crippen LogP contribution in [0.2, 0.25) is 0 Å². The summed E-state index contributed by atoms with van der Waals surface area (Å²) in [5.74, 6) is -0.788. The number of ether oxygens (including phenoxy) is 2. The number of benzene rings is 1. The zero-order chi connectivity index (χ0) is 42.8. The van der Waals surface area contributed by atoms with Gasteiger partial charge >= 0.3 is 6.09 Å². The van der Waals surface area contributed by atoms with Gasteiger partial charge in [-0.15, -0.1) is 0 Å². The van der Waals surface area contributed by atoms with Crippen molar-refractivity contribution in [3.05, 3.63) is 35.9 Å². The number of aliphatic hydroxyl groups is 3. The highest BCUT2D eigenvalue weighted by molar-refractivity contribution is 5.82. The second-order valence-electron chi connectivity index (χ2n) is 16.9. The third-order valence-corrected chi connectivity index (χ3v) is 11.7. The SMILES string of the molecule is CCCCCCCCCCCCCCCCN(C(=O)CCCCCCCCCCCCCCC)[C@@H]1O[C@H](CO)[C@@H](O)[C@H](O)[C@H]1NC(=O)CNC(=O)OCc1ccccc1. The van der Waals surface area contributed by atoms with Crippen LogP contribution in [-0.2, 0) is 25.7 Å². The van der Waals surface area contributed by atoms with Crippen LogP contribution < -0.4 is 10.6 Å². The normalized spacial score (nSPS) is 19.0. The first-order valence-electron chi connectivity index (χ1n) is 24.0. The summed E-state index contributed by atoms with van der Waals surface area (Å²) < 4.78 is 11.4. The molecule has 0 aliphatic carbocycles. The average Bonchev–Trinajstić information content (AvgIpc) is 3.24. The van der Waals surface area contributed by atoms with E-state index in [9.17, 15) is 29.7 Å². The molecule has 1 saturated heterocycles. The van der Waals surface area contributed by atoms with Gasteiger partial charge < -0.3 is 40.3 Å². The number of nitrogens with one attached hydrogen (secondary N) is 2. The van der Waals surface area contributed by atoms with Crippen molar-refractivity contribution in [2.75, 3.05) is 19.7 Å². The Hall–Kier alpha value is -2.73. The van der Waals surface area contributed by atoms with Crippen LogP contribution in [0.3, 0.4) is 0 Å². The molecule has 0 bridgehead atoms. The lowest BCUT2D eigenvalue weighted by Gasteiger charge is -2.47. The summed E-state index contributed by atoms with van der Waals surface area (Å²) in [6.07, 6.45) is 26.8. The van der Waals surface area contributed by atoms with E-state index in [0.717, 1.165) is 56.9 Å². The maximum atomic E-state index is 14.0. The van der Waals surface area contributed by atoms with Gasteiger partial charge in [0, 0.05) is 13.0 Å². The van der Waals surface area contributed by atoms with E-state index in [4.69, 9.17) is 9.47 Å². The van der Waals surface area contributed by atoms with E-state index in [1.165, 1.54) is 122 Å². The van der Waals surface area contributed by atoms with Crippen LogP contribution in [0.5, 0.6) is 0 Å². The Morgan fingerprint density at radius 1 is 0.644 bits per heavy atom. The molecule has 0 spiro atoms. The van der Waals surface area contributed by atoms with Crippen molar-refractivity contribution in [3.63, 3.8) is 0 Å². The minimum absolute atomic E-state index is 0.0376. The summed E-state index contributed by atoms with van der Waals surface area (Å²) in [5, 5.41) is 37.3. The summed E-state index contributed by atoms with van der Waals surface area (Å²) in [4.78, 5) is 41.1. The highest BCUT2D eigenvalue weighted by Crippen LogP contribution is 2.26. The standard InChI is InChI=1S/C48H85N3O8/c1-3-5-7-9-11-13-15-17-19-21-23-25-27-32-36-51(43(54)35-31-26-24-22-20-18-16-14-12-10-8-6-4-2)47-44(46(56)45(55)41(38-52)59-47)50-42(53)37-49-48(57)58-39-40-33-29-28-30-34-40/h28-30,33-34,41,44-47,52,55-56H,3-27,31-32,35-39H2,1-2H3,(H,49,57)(H,50,53)/t41-,44-,45-,46-,47-/m1/s1. The molecule has 11 nitrogen and oxygen atoms in total. The van der Waals surface area contributed by atoms with Gasteiger partial charge in [-0.05, 0) is 18.4 Å². The van der Waals surface area contributed by atoms with Gasteiger partial charge in [0.2, 0.25) is 11.8 Å². The molecular formula is C48H85N3O8. The van der Waals surface area contributed by atoms with Gasteiger partial charge in [-0.2, -0.15) is 0 Å². The molecule has 59 heavy (non-hydrogen) atoms. The Morgan fingerprint density at radius 2 is 1.10 bits per heavy atom. The number of alkyl carbamates (subject to hydrolysis) is 1. The van der Waals surface area contributed by atoms with Crippen LogP contribution in [0.4, 0.5) is 4.79 Å². The van der Waals surface area contributed by atoms with E-state index in [1.54, 1.807) is 4.90 Å². The summed E-state index contributed by atoms with van der Waals surface area (Å²) in [5.41, 5.74) is 0.798. The van der Waals surface area contributed by atoms with Crippen molar-refractivity contribution < 1.29 is 39.2 Å². The van der Waals surface area contributed by atoms with Crippen molar-refractivity contribution >= 4 is 17.9 Å². The van der Waals surface area contributed by atoms with E-state index in [0.29, 0.717) is 13.0 Å². The number of aliphatic hydroxyl groups excluding tert-OH is 3. The topological polar surface area (TPSA) is 158 Å². The zero-order valence-electron chi connectivity index (χ0n) is 37.2. The van der Waals surface area contributed by atoms with Gasteiger partial charge in [0.1, 0.15) is 37.5 Å². The van der Waals surface area contributed by atoms with Crippen LogP contribution >= 0.6 is 0 Å². The number of amides is 3. The van der Waals surface area contributed by atoms with E-state index in [-0.39, 0.29) is 12.5 Å². The molecule has 0 saturated carbocycles. The second kappa shape index (κ2) is 34.9. The minimum atomic E-state index is -1.53. The summed E-state index contributed by atoms with van der Waals surface area (Å²) in [6.45, 7) is 3.88. The molecule has 340 valence electrons. The number of hydrogen-bond acceptors (Lipinski definition) is 8. The lowest BCUT2D eigenvalue weighted by atomic mass is 9.94. The second-order valence-corrected chi connectivity index (χ2v) is 16.9. The van der Waals surface area contributed by atoms with E-state index in [2.05, 4.69) is 24.5 Å². The third kappa shape index (κ3) is 24.3. The van der Waals surface area contributed by atoms with E-state index < -0.39 is 55.7 Å². The monoisotopic (exact) mass is 832 g/mol. The Morgan fingerprint density at radius 3 is 1.58 bits per heavy atom. The molecular weight excluding hydrogens is 747 g/mol. The molecule has 1 aliphatic heterocycles. The molecule has 0 radical (unpaired) electrons. The van der Waals surface area contributed by atoms with Crippen LogP contribution in [0, 0.1) is 0 Å². The Bertz CT molecular complexity index is 1190. The van der Waals surface area contributed by atoms with Gasteiger partial charge in [0.15, 0.2) is 6.23 Å². The number of carbonyl (C=O) groups excluding carboxylic acids is 3. The largest absolute Gasteiger partial charge is 0.445 e. The molecule has 1 aromatic carbocycles. The van der Waals surface area contributed by atoms with E-state index >= 15 is 0 Å². The fourth-order valence-electron chi connectivity index (χ4n) is 7.99. The van der Waals surface area contributed by atoms with Crippen LogP contribution in [0.15, 0.2) is 30.3 Å². The predicted molar refractivity (Wildman–Crippen MR) is 237 cm³/mol. The maximum Gasteiger partial charge on any atom is 0.407 e. The number of carbonyl (C=O) groups is 3. The van der Waals surface area contributed by atoms with Gasteiger partial charge in [-0.1, -0.05) is 205 Å². The lowest BCUT2D eigenvalue weighted by Crippen LogP contribution is -2.69. The summed E-state index contributed by atoms with van der Waals surface area (Å²) >= 11 is 0. The number of unbranched alkanes of at least 4 members (excludes halogenated alkanes) is 25. The van der Waals surface area contributed by atoms with Crippen LogP contribution in [0.25, 0.3) is 0 Å². The molecule has 1 fully saturated rings. The quantitative estimate of drug-likeness (QED) is 0.0419. The van der Waals surface area contributed by atoms with Crippen molar-refractivity contribution in [1.29, 1.82) is 0 Å². The number of rotatable bonds is 36. The number of nitrogens with zero attached hydrogens (tertiary/aromatic N) is 1. The first-order valence-corrected chi connectivity index (χ1v) is 24.0. The molecule has 5 N–H and O–H groups in total. The van der Waals surface area contributed by atoms with Gasteiger partial charge in [0.05, 0.1) is 6.61 Å². The highest BCUT2D eigenvalue weighted by atomic mass is 16.6. The lowest BCUT2D eigenvalue weighted by molar-refractivity contribution is -0.231. The zero-order valence-corrected chi connectivity index (χ0v) is 37.2. The fourth-order valence-corrected chi connectivity index (χ4v) is 7.99. The molecule has 1 aliphatic rings. The first-order chi connectivity index (χ1) is 28.8. The van der Waals surface area contributed by atoms with Gasteiger partial charge in [-0.25, -0.2) is 4.79 Å². The molecule has 11 heteroatoms. The van der Waals surface area contributed by atoms with Crippen molar-refractivity contribution in [3.8, 4) is 0 Å². The third-order valence-electron chi connectivity index (χ3n) is 11.7. The highest BCUT2D eigenvalue weighted by Gasteiger charge is 2.48. The van der Waals surface area contributed by atoms with Crippen molar-refractivity contribution in [2.24, 2.45) is 0 Å². The molecule has 0 unspecified atom stereocenters. The molecule has 5 atom stereocenters. The molecule has 1 heterocycles. The molecule has 0 aromatic heterocycles. The first kappa shape index (κ1) is 52.4. The molecule has 2 rings (SSSR count). The van der Waals surface area contributed by atoms with Crippen molar-refractivity contribution in [2.45, 2.75) is 231 Å². The number of hydrogen-bond donors (Lipinski definition) is 5. The average molecular weight is 832 g/mol. The summed E-state index contributed by atoms with van der Waals surface area (Å²) in [7, 11) is 0. The van der Waals surface area contributed by atoms with Crippen LogP contribution in [-0.4, -0.2) is 88.4 Å². The molecule has 1 aromatic rings. The Balaban J connectivity index is 1.93. The van der Waals surface area contributed by atoms with Gasteiger partial charge in [0.25, 0.3) is 0 Å². The minimum Gasteiger partial charge on any atom is -0.445 e. The van der Waals surface area contributed by atoms with Crippen molar-refractivity contribution in [1.82, 2.24) is 15.5 Å². The summed E-state index contributed by atoms with van der Waals surface area (Å²) in [6, 6.07) is 7.98. The van der Waals surface area contributed by atoms with E-state index in [1.807, 2.05) is 30.3 Å². The van der Waals surface area contributed by atoms with Crippen LogP contribution in [0.1, 0.15) is 199 Å².